The van der Waals surface area contributed by atoms with Gasteiger partial charge in [-0.25, -0.2) is 0 Å². The predicted octanol–water partition coefficient (Wildman–Crippen LogP) is 2.67. The van der Waals surface area contributed by atoms with Gasteiger partial charge in [-0.2, -0.15) is 5.10 Å². The highest BCUT2D eigenvalue weighted by Crippen LogP contribution is 2.37. The number of rotatable bonds is 6. The normalized spacial score (nSPS) is 28.5. The minimum absolute atomic E-state index is 0.0974. The fraction of sp³-hybridized carbons (Fsp3) is 0.812. The molecular formula is C16H29N3O. The quantitative estimate of drug-likeness (QED) is 0.871. The molecule has 0 bridgehead atoms. The SMILES string of the molecule is CCOC1(C(N)CCc2ccnn2C)CCC(C)CC1. The van der Waals surface area contributed by atoms with Gasteiger partial charge in [-0.05, 0) is 57.4 Å². The smallest absolute Gasteiger partial charge is 0.0832 e. The number of ether oxygens (including phenoxy) is 1. The molecule has 4 nitrogen and oxygen atoms in total. The molecule has 0 aliphatic heterocycles. The largest absolute Gasteiger partial charge is 0.374 e. The first kappa shape index (κ1) is 15.5. The minimum Gasteiger partial charge on any atom is -0.374 e. The highest BCUT2D eigenvalue weighted by atomic mass is 16.5. The highest BCUT2D eigenvalue weighted by Gasteiger charge is 2.39. The van der Waals surface area contributed by atoms with Crippen LogP contribution >= 0.6 is 0 Å². The van der Waals surface area contributed by atoms with Gasteiger partial charge in [0, 0.05) is 31.6 Å². The van der Waals surface area contributed by atoms with Gasteiger partial charge >= 0.3 is 0 Å². The molecule has 1 unspecified atom stereocenters. The second-order valence-corrected chi connectivity index (χ2v) is 6.27. The molecular weight excluding hydrogens is 250 g/mol. The van der Waals surface area contributed by atoms with E-state index < -0.39 is 0 Å². The van der Waals surface area contributed by atoms with Crippen LogP contribution in [0.3, 0.4) is 0 Å². The van der Waals surface area contributed by atoms with Crippen molar-refractivity contribution in [3.8, 4) is 0 Å². The lowest BCUT2D eigenvalue weighted by Crippen LogP contribution is -2.52. The van der Waals surface area contributed by atoms with Crippen LogP contribution in [-0.2, 0) is 18.2 Å². The molecule has 1 aliphatic carbocycles. The van der Waals surface area contributed by atoms with Crippen molar-refractivity contribution in [2.45, 2.75) is 64.0 Å². The number of aryl methyl sites for hydroxylation is 2. The molecule has 4 heteroatoms. The number of hydrogen-bond donors (Lipinski definition) is 1. The van der Waals surface area contributed by atoms with Gasteiger partial charge in [-0.1, -0.05) is 6.92 Å². The Labute approximate surface area is 122 Å². The first-order chi connectivity index (χ1) is 9.57. The van der Waals surface area contributed by atoms with Crippen LogP contribution < -0.4 is 5.73 Å². The topological polar surface area (TPSA) is 53.1 Å². The molecule has 0 spiro atoms. The van der Waals surface area contributed by atoms with Crippen molar-refractivity contribution in [2.75, 3.05) is 6.61 Å². The third kappa shape index (κ3) is 3.41. The average Bonchev–Trinajstić information content (AvgIpc) is 2.84. The van der Waals surface area contributed by atoms with Crippen LogP contribution in [0.5, 0.6) is 0 Å². The first-order valence-electron chi connectivity index (χ1n) is 7.94. The van der Waals surface area contributed by atoms with E-state index in [0.29, 0.717) is 0 Å². The van der Waals surface area contributed by atoms with Gasteiger partial charge in [0.25, 0.3) is 0 Å². The van der Waals surface area contributed by atoms with Crippen molar-refractivity contribution in [3.05, 3.63) is 18.0 Å². The summed E-state index contributed by atoms with van der Waals surface area (Å²) in [5, 5.41) is 4.22. The van der Waals surface area contributed by atoms with Gasteiger partial charge in [0.2, 0.25) is 0 Å². The van der Waals surface area contributed by atoms with Crippen molar-refractivity contribution >= 4 is 0 Å². The number of hydrogen-bond acceptors (Lipinski definition) is 3. The van der Waals surface area contributed by atoms with Crippen LogP contribution in [-0.4, -0.2) is 28.0 Å². The fourth-order valence-electron chi connectivity index (χ4n) is 3.37. The van der Waals surface area contributed by atoms with Crippen LogP contribution in [0, 0.1) is 5.92 Å². The van der Waals surface area contributed by atoms with E-state index in [0.717, 1.165) is 38.2 Å². The van der Waals surface area contributed by atoms with Crippen LogP contribution in [0.25, 0.3) is 0 Å². The van der Waals surface area contributed by atoms with Gasteiger partial charge in [-0.3, -0.25) is 4.68 Å². The van der Waals surface area contributed by atoms with E-state index in [4.69, 9.17) is 10.5 Å². The Hall–Kier alpha value is -0.870. The summed E-state index contributed by atoms with van der Waals surface area (Å²) < 4.78 is 8.07. The van der Waals surface area contributed by atoms with Crippen molar-refractivity contribution < 1.29 is 4.74 Å². The predicted molar refractivity (Wildman–Crippen MR) is 81.5 cm³/mol. The Bertz CT molecular complexity index is 408. The lowest BCUT2D eigenvalue weighted by atomic mass is 9.74. The number of nitrogens with zero attached hydrogens (tertiary/aromatic N) is 2. The average molecular weight is 279 g/mol. The maximum Gasteiger partial charge on any atom is 0.0832 e. The third-order valence-corrected chi connectivity index (χ3v) is 4.86. The lowest BCUT2D eigenvalue weighted by molar-refractivity contribution is -0.0898. The van der Waals surface area contributed by atoms with E-state index in [1.807, 2.05) is 17.9 Å². The van der Waals surface area contributed by atoms with Crippen molar-refractivity contribution in [2.24, 2.45) is 18.7 Å². The van der Waals surface area contributed by atoms with Crippen molar-refractivity contribution in [1.29, 1.82) is 0 Å². The summed E-state index contributed by atoms with van der Waals surface area (Å²) >= 11 is 0. The molecule has 2 N–H and O–H groups in total. The summed E-state index contributed by atoms with van der Waals surface area (Å²) in [6.45, 7) is 5.17. The lowest BCUT2D eigenvalue weighted by Gasteiger charge is -2.43. The maximum atomic E-state index is 6.53. The Balaban J connectivity index is 1.96. The van der Waals surface area contributed by atoms with Gasteiger partial charge in [0.1, 0.15) is 0 Å². The van der Waals surface area contributed by atoms with Crippen LogP contribution in [0.4, 0.5) is 0 Å². The van der Waals surface area contributed by atoms with E-state index >= 15 is 0 Å². The highest BCUT2D eigenvalue weighted by molar-refractivity contribution is 5.03. The molecule has 1 atom stereocenters. The number of aromatic nitrogens is 2. The molecule has 114 valence electrons. The monoisotopic (exact) mass is 279 g/mol. The Morgan fingerprint density at radius 3 is 2.75 bits per heavy atom. The molecule has 1 fully saturated rings. The van der Waals surface area contributed by atoms with E-state index in [1.165, 1.54) is 18.5 Å². The Morgan fingerprint density at radius 1 is 1.50 bits per heavy atom. The summed E-state index contributed by atoms with van der Waals surface area (Å²) in [4.78, 5) is 0. The van der Waals surface area contributed by atoms with E-state index in [9.17, 15) is 0 Å². The van der Waals surface area contributed by atoms with Crippen molar-refractivity contribution in [3.63, 3.8) is 0 Å². The zero-order valence-electron chi connectivity index (χ0n) is 13.1. The van der Waals surface area contributed by atoms with E-state index in [1.54, 1.807) is 0 Å². The van der Waals surface area contributed by atoms with E-state index in [-0.39, 0.29) is 11.6 Å². The van der Waals surface area contributed by atoms with Crippen molar-refractivity contribution in [1.82, 2.24) is 9.78 Å². The minimum atomic E-state index is -0.0974. The summed E-state index contributed by atoms with van der Waals surface area (Å²) in [5.41, 5.74) is 7.68. The molecule has 0 aromatic carbocycles. The van der Waals surface area contributed by atoms with Gasteiger partial charge < -0.3 is 10.5 Å². The van der Waals surface area contributed by atoms with Crippen LogP contribution in [0.2, 0.25) is 0 Å². The molecule has 0 saturated heterocycles. The third-order valence-electron chi connectivity index (χ3n) is 4.86. The summed E-state index contributed by atoms with van der Waals surface area (Å²) in [6, 6.07) is 2.19. The molecule has 1 aromatic rings. The fourth-order valence-corrected chi connectivity index (χ4v) is 3.37. The molecule has 1 aromatic heterocycles. The zero-order chi connectivity index (χ0) is 14.6. The van der Waals surface area contributed by atoms with Gasteiger partial charge in [0.05, 0.1) is 5.60 Å². The molecule has 0 amide bonds. The van der Waals surface area contributed by atoms with Gasteiger partial charge in [-0.15, -0.1) is 0 Å². The molecule has 20 heavy (non-hydrogen) atoms. The zero-order valence-corrected chi connectivity index (χ0v) is 13.1. The van der Waals surface area contributed by atoms with Crippen LogP contribution in [0.1, 0.15) is 51.6 Å². The number of nitrogens with two attached hydrogens (primary N) is 1. The second kappa shape index (κ2) is 6.72. The summed E-state index contributed by atoms with van der Waals surface area (Å²) in [7, 11) is 1.99. The first-order valence-corrected chi connectivity index (χ1v) is 7.94. The summed E-state index contributed by atoms with van der Waals surface area (Å²) in [6.07, 6.45) is 8.47. The second-order valence-electron chi connectivity index (χ2n) is 6.27. The Kier molecular flexibility index (Phi) is 5.22. The van der Waals surface area contributed by atoms with Gasteiger partial charge in [0.15, 0.2) is 0 Å². The molecule has 1 heterocycles. The van der Waals surface area contributed by atoms with Crippen LogP contribution in [0.15, 0.2) is 12.3 Å². The molecule has 2 rings (SSSR count). The maximum absolute atomic E-state index is 6.53. The Morgan fingerprint density at radius 2 is 2.20 bits per heavy atom. The van der Waals surface area contributed by atoms with E-state index in [2.05, 4.69) is 25.0 Å². The molecule has 0 radical (unpaired) electrons. The standard InChI is InChI=1S/C16H29N3O/c1-4-20-16(10-7-13(2)8-11-16)15(17)6-5-14-9-12-18-19(14)3/h9,12-13,15H,4-8,10-11,17H2,1-3H3. The molecule has 1 aliphatic rings. The molecule has 1 saturated carbocycles. The summed E-state index contributed by atoms with van der Waals surface area (Å²) in [5.74, 6) is 0.813.